The monoisotopic (exact) mass is 444 g/mol. The smallest absolute Gasteiger partial charge is 0.244 e. The van der Waals surface area contributed by atoms with Crippen LogP contribution >= 0.6 is 11.8 Å². The molecule has 3 rings (SSSR count). The molecule has 0 aliphatic rings. The van der Waals surface area contributed by atoms with Gasteiger partial charge in [-0.3, -0.25) is 4.79 Å². The lowest BCUT2D eigenvalue weighted by Crippen LogP contribution is -2.25. The Morgan fingerprint density at radius 3 is 2.63 bits per heavy atom. The van der Waals surface area contributed by atoms with Gasteiger partial charge in [0.05, 0.1) is 22.5 Å². The van der Waals surface area contributed by atoms with Gasteiger partial charge in [0.25, 0.3) is 0 Å². The lowest BCUT2D eigenvalue weighted by molar-refractivity contribution is -0.116. The van der Waals surface area contributed by atoms with Crippen LogP contribution in [0.15, 0.2) is 61.2 Å². The summed E-state index contributed by atoms with van der Waals surface area (Å²) in [5.41, 5.74) is 3.03. The van der Waals surface area contributed by atoms with Crippen molar-refractivity contribution >= 4 is 44.4 Å². The van der Waals surface area contributed by atoms with Gasteiger partial charge in [-0.25, -0.2) is 18.1 Å². The van der Waals surface area contributed by atoms with E-state index in [2.05, 4.69) is 21.6 Å². The standard InChI is InChI=1S/C21H24N4O3S2/c1-3-12-22-30(27,28)15-16-8-10-17(11-9-16)23-21(26)13-25-19-7-5-4-6-18(19)24-20(25)14-29-2/h3-11,22H,1,12-15H2,2H3,(H,23,26). The van der Waals surface area contributed by atoms with Gasteiger partial charge in [-0.2, -0.15) is 11.8 Å². The number of para-hydroxylation sites is 2. The number of nitrogens with zero attached hydrogens (tertiary/aromatic N) is 2. The van der Waals surface area contributed by atoms with Gasteiger partial charge < -0.3 is 9.88 Å². The highest BCUT2D eigenvalue weighted by molar-refractivity contribution is 7.97. The first-order valence-corrected chi connectivity index (χ1v) is 12.4. The number of rotatable bonds is 10. The number of hydrogen-bond donors (Lipinski definition) is 2. The van der Waals surface area contributed by atoms with Crippen molar-refractivity contribution in [2.24, 2.45) is 0 Å². The fourth-order valence-corrected chi connectivity index (χ4v) is 4.61. The summed E-state index contributed by atoms with van der Waals surface area (Å²) in [6.07, 6.45) is 3.49. The molecule has 3 aromatic rings. The maximum atomic E-state index is 12.6. The topological polar surface area (TPSA) is 93.1 Å². The molecule has 0 aliphatic heterocycles. The fourth-order valence-electron chi connectivity index (χ4n) is 3.03. The first-order valence-electron chi connectivity index (χ1n) is 9.32. The van der Waals surface area contributed by atoms with Gasteiger partial charge in [0, 0.05) is 12.2 Å². The van der Waals surface area contributed by atoms with E-state index in [1.54, 1.807) is 36.0 Å². The predicted octanol–water partition coefficient (Wildman–Crippen LogP) is 3.14. The molecule has 1 aromatic heterocycles. The summed E-state index contributed by atoms with van der Waals surface area (Å²) in [7, 11) is -3.42. The maximum absolute atomic E-state index is 12.6. The molecule has 0 bridgehead atoms. The van der Waals surface area contributed by atoms with Gasteiger partial charge in [0.2, 0.25) is 15.9 Å². The van der Waals surface area contributed by atoms with Crippen molar-refractivity contribution in [3.05, 3.63) is 72.6 Å². The zero-order chi connectivity index (χ0) is 21.6. The number of sulfonamides is 1. The number of benzene rings is 2. The van der Waals surface area contributed by atoms with Crippen molar-refractivity contribution in [3.63, 3.8) is 0 Å². The summed E-state index contributed by atoms with van der Waals surface area (Å²) in [4.78, 5) is 17.3. The maximum Gasteiger partial charge on any atom is 0.244 e. The van der Waals surface area contributed by atoms with E-state index in [-0.39, 0.29) is 24.7 Å². The molecule has 0 radical (unpaired) electrons. The quantitative estimate of drug-likeness (QED) is 0.469. The van der Waals surface area contributed by atoms with Crippen LogP contribution in [0.5, 0.6) is 0 Å². The van der Waals surface area contributed by atoms with Crippen molar-refractivity contribution in [2.75, 3.05) is 18.1 Å². The Bertz CT molecular complexity index is 1140. The second-order valence-corrected chi connectivity index (χ2v) is 9.35. The Balaban J connectivity index is 1.68. The zero-order valence-electron chi connectivity index (χ0n) is 16.7. The Labute approximate surface area is 180 Å². The fraction of sp³-hybridized carbons (Fsp3) is 0.238. The van der Waals surface area contributed by atoms with Crippen molar-refractivity contribution < 1.29 is 13.2 Å². The second-order valence-electron chi connectivity index (χ2n) is 6.68. The molecule has 9 heteroatoms. The number of hydrogen-bond acceptors (Lipinski definition) is 5. The van der Waals surface area contributed by atoms with Crippen LogP contribution < -0.4 is 10.0 Å². The van der Waals surface area contributed by atoms with Crippen LogP contribution in [0.2, 0.25) is 0 Å². The molecular weight excluding hydrogens is 420 g/mol. The number of thioether (sulfide) groups is 1. The van der Waals surface area contributed by atoms with E-state index in [9.17, 15) is 13.2 Å². The van der Waals surface area contributed by atoms with Crippen molar-refractivity contribution in [1.29, 1.82) is 0 Å². The number of imidazole rings is 1. The molecule has 1 amide bonds. The minimum Gasteiger partial charge on any atom is -0.325 e. The molecule has 158 valence electrons. The van der Waals surface area contributed by atoms with Crippen LogP contribution in [-0.2, 0) is 32.9 Å². The van der Waals surface area contributed by atoms with Crippen molar-refractivity contribution in [1.82, 2.24) is 14.3 Å². The summed E-state index contributed by atoms with van der Waals surface area (Å²) in [5, 5.41) is 2.87. The molecule has 0 aliphatic carbocycles. The Morgan fingerprint density at radius 1 is 1.20 bits per heavy atom. The average Bonchev–Trinajstić information content (AvgIpc) is 3.05. The number of fused-ring (bicyclic) bond motifs is 1. The first-order chi connectivity index (χ1) is 14.4. The Kier molecular flexibility index (Phi) is 7.30. The van der Waals surface area contributed by atoms with Gasteiger partial charge in [0.15, 0.2) is 0 Å². The van der Waals surface area contributed by atoms with Crippen LogP contribution in [0, 0.1) is 0 Å². The SMILES string of the molecule is C=CCNS(=O)(=O)Cc1ccc(NC(=O)Cn2c(CSC)nc3ccccc32)cc1. The van der Waals surface area contributed by atoms with E-state index in [1.807, 2.05) is 35.1 Å². The number of amides is 1. The van der Waals surface area contributed by atoms with Crippen LogP contribution in [0.3, 0.4) is 0 Å². The number of anilines is 1. The second kappa shape index (κ2) is 9.92. The van der Waals surface area contributed by atoms with Gasteiger partial charge in [-0.05, 0) is 36.1 Å². The van der Waals surface area contributed by atoms with Gasteiger partial charge >= 0.3 is 0 Å². The van der Waals surface area contributed by atoms with Crippen molar-refractivity contribution in [3.8, 4) is 0 Å². The van der Waals surface area contributed by atoms with Crippen LogP contribution in [-0.4, -0.2) is 36.7 Å². The molecule has 0 spiro atoms. The van der Waals surface area contributed by atoms with E-state index in [0.717, 1.165) is 16.9 Å². The summed E-state index contributed by atoms with van der Waals surface area (Å²) in [5.74, 6) is 1.26. The van der Waals surface area contributed by atoms with E-state index in [0.29, 0.717) is 17.0 Å². The molecular formula is C21H24N4O3S2. The predicted molar refractivity (Wildman–Crippen MR) is 123 cm³/mol. The summed E-state index contributed by atoms with van der Waals surface area (Å²) < 4.78 is 28.3. The van der Waals surface area contributed by atoms with E-state index in [1.165, 1.54) is 6.08 Å². The van der Waals surface area contributed by atoms with E-state index < -0.39 is 10.0 Å². The lowest BCUT2D eigenvalue weighted by atomic mass is 10.2. The van der Waals surface area contributed by atoms with Gasteiger partial charge in [-0.1, -0.05) is 30.3 Å². The minimum atomic E-state index is -3.42. The number of aromatic nitrogens is 2. The first kappa shape index (κ1) is 22.1. The summed E-state index contributed by atoms with van der Waals surface area (Å²) >= 11 is 1.65. The van der Waals surface area contributed by atoms with Crippen LogP contribution in [0.4, 0.5) is 5.69 Å². The third-order valence-corrected chi connectivity index (χ3v) is 6.22. The molecule has 0 saturated heterocycles. The molecule has 0 atom stereocenters. The number of carbonyl (C=O) groups excluding carboxylic acids is 1. The molecule has 2 N–H and O–H groups in total. The van der Waals surface area contributed by atoms with Crippen molar-refractivity contribution in [2.45, 2.75) is 18.1 Å². The Hall–Kier alpha value is -2.62. The molecule has 1 heterocycles. The molecule has 0 unspecified atom stereocenters. The third kappa shape index (κ3) is 5.71. The average molecular weight is 445 g/mol. The highest BCUT2D eigenvalue weighted by Gasteiger charge is 2.14. The third-order valence-electron chi connectivity index (χ3n) is 4.35. The largest absolute Gasteiger partial charge is 0.325 e. The molecule has 30 heavy (non-hydrogen) atoms. The summed E-state index contributed by atoms with van der Waals surface area (Å²) in [6, 6.07) is 14.5. The van der Waals surface area contributed by atoms with Crippen LogP contribution in [0.25, 0.3) is 11.0 Å². The van der Waals surface area contributed by atoms with Gasteiger partial charge in [0.1, 0.15) is 12.4 Å². The van der Waals surface area contributed by atoms with E-state index in [4.69, 9.17) is 0 Å². The molecule has 2 aromatic carbocycles. The highest BCUT2D eigenvalue weighted by atomic mass is 32.2. The number of carbonyl (C=O) groups is 1. The number of nitrogens with one attached hydrogen (secondary N) is 2. The minimum absolute atomic E-state index is 0.131. The summed E-state index contributed by atoms with van der Waals surface area (Å²) in [6.45, 7) is 3.84. The van der Waals surface area contributed by atoms with E-state index >= 15 is 0 Å². The highest BCUT2D eigenvalue weighted by Crippen LogP contribution is 2.19. The van der Waals surface area contributed by atoms with Gasteiger partial charge in [-0.15, -0.1) is 6.58 Å². The zero-order valence-corrected chi connectivity index (χ0v) is 18.3. The Morgan fingerprint density at radius 2 is 1.93 bits per heavy atom. The normalized spacial score (nSPS) is 11.5. The molecule has 0 saturated carbocycles. The molecule has 7 nitrogen and oxygen atoms in total. The van der Waals surface area contributed by atoms with Crippen LogP contribution in [0.1, 0.15) is 11.4 Å². The molecule has 0 fully saturated rings. The lowest BCUT2D eigenvalue weighted by Gasteiger charge is -2.10.